The number of alkyl halides is 1. The maximum atomic E-state index is 5.99. The van der Waals surface area contributed by atoms with Gasteiger partial charge in [0.15, 0.2) is 0 Å². The molecule has 2 rings (SSSR count). The van der Waals surface area contributed by atoms with Gasteiger partial charge in [0.05, 0.1) is 11.2 Å². The van der Waals surface area contributed by atoms with E-state index >= 15 is 0 Å². The van der Waals surface area contributed by atoms with E-state index in [1.54, 1.807) is 11.3 Å². The zero-order valence-electron chi connectivity index (χ0n) is 9.27. The lowest BCUT2D eigenvalue weighted by molar-refractivity contribution is 0.584. The Morgan fingerprint density at radius 1 is 1.35 bits per heavy atom. The number of rotatable bonds is 5. The van der Waals surface area contributed by atoms with Gasteiger partial charge in [-0.25, -0.2) is 4.98 Å². The summed E-state index contributed by atoms with van der Waals surface area (Å²) in [4.78, 5) is 4.33. The van der Waals surface area contributed by atoms with Gasteiger partial charge in [0, 0.05) is 15.7 Å². The van der Waals surface area contributed by atoms with Crippen LogP contribution in [0, 0.1) is 5.92 Å². The van der Waals surface area contributed by atoms with Crippen LogP contribution in [-0.2, 0) is 12.8 Å². The standard InChI is InChI=1S/C13H13BrClNS/c14-7-11(6-13-8-17-9-16-13)4-10-2-1-3-12(15)5-10/h1-3,5,8-9,11H,4,6-7H2. The highest BCUT2D eigenvalue weighted by Gasteiger charge is 2.10. The summed E-state index contributed by atoms with van der Waals surface area (Å²) in [7, 11) is 0. The van der Waals surface area contributed by atoms with Crippen LogP contribution >= 0.6 is 38.9 Å². The minimum Gasteiger partial charge on any atom is -0.250 e. The molecule has 0 saturated carbocycles. The Morgan fingerprint density at radius 3 is 2.88 bits per heavy atom. The summed E-state index contributed by atoms with van der Waals surface area (Å²) in [5.74, 6) is 0.565. The van der Waals surface area contributed by atoms with E-state index in [0.29, 0.717) is 5.92 Å². The third-order valence-electron chi connectivity index (χ3n) is 2.61. The van der Waals surface area contributed by atoms with Gasteiger partial charge in [-0.05, 0) is 36.5 Å². The van der Waals surface area contributed by atoms with Gasteiger partial charge in [0.1, 0.15) is 0 Å². The third kappa shape index (κ3) is 4.09. The average Bonchev–Trinajstić information content (AvgIpc) is 2.81. The zero-order chi connectivity index (χ0) is 12.1. The fourth-order valence-corrected chi connectivity index (χ4v) is 3.05. The first-order chi connectivity index (χ1) is 8.28. The second-order valence-corrected chi connectivity index (χ2v) is 5.84. The third-order valence-corrected chi connectivity index (χ3v) is 4.40. The number of hydrogen-bond acceptors (Lipinski definition) is 2. The molecule has 2 aromatic rings. The molecule has 0 aliphatic carbocycles. The summed E-state index contributed by atoms with van der Waals surface area (Å²) < 4.78 is 0. The van der Waals surface area contributed by atoms with Crippen molar-refractivity contribution in [3.8, 4) is 0 Å². The Balaban J connectivity index is 2.00. The van der Waals surface area contributed by atoms with Crippen LogP contribution in [0.3, 0.4) is 0 Å². The Bertz CT molecular complexity index is 458. The molecule has 1 aromatic heterocycles. The number of hydrogen-bond donors (Lipinski definition) is 0. The number of benzene rings is 1. The summed E-state index contributed by atoms with van der Waals surface area (Å²) in [6.07, 6.45) is 2.05. The van der Waals surface area contributed by atoms with Crippen LogP contribution in [0.15, 0.2) is 35.2 Å². The Hall–Kier alpha value is -0.380. The van der Waals surface area contributed by atoms with Crippen molar-refractivity contribution in [3.05, 3.63) is 51.4 Å². The molecule has 0 fully saturated rings. The topological polar surface area (TPSA) is 12.9 Å². The highest BCUT2D eigenvalue weighted by atomic mass is 79.9. The van der Waals surface area contributed by atoms with Gasteiger partial charge in [0.25, 0.3) is 0 Å². The van der Waals surface area contributed by atoms with E-state index in [9.17, 15) is 0 Å². The molecule has 1 aromatic carbocycles. The van der Waals surface area contributed by atoms with Gasteiger partial charge >= 0.3 is 0 Å². The summed E-state index contributed by atoms with van der Waals surface area (Å²) in [6.45, 7) is 0. The Labute approximate surface area is 119 Å². The molecule has 0 amide bonds. The minimum atomic E-state index is 0.565. The molecule has 0 radical (unpaired) electrons. The van der Waals surface area contributed by atoms with E-state index in [4.69, 9.17) is 11.6 Å². The van der Waals surface area contributed by atoms with Crippen molar-refractivity contribution >= 4 is 38.9 Å². The molecule has 0 aliphatic heterocycles. The molecular formula is C13H13BrClNS. The summed E-state index contributed by atoms with van der Waals surface area (Å²) in [6, 6.07) is 8.08. The smallest absolute Gasteiger partial charge is 0.0794 e. The molecule has 0 spiro atoms. The van der Waals surface area contributed by atoms with E-state index in [0.717, 1.165) is 23.2 Å². The molecule has 17 heavy (non-hydrogen) atoms. The highest BCUT2D eigenvalue weighted by Crippen LogP contribution is 2.19. The molecule has 0 saturated heterocycles. The molecule has 90 valence electrons. The maximum absolute atomic E-state index is 5.99. The van der Waals surface area contributed by atoms with Crippen molar-refractivity contribution < 1.29 is 0 Å². The fourth-order valence-electron chi connectivity index (χ4n) is 1.81. The van der Waals surface area contributed by atoms with Crippen LogP contribution in [0.25, 0.3) is 0 Å². The van der Waals surface area contributed by atoms with Crippen molar-refractivity contribution in [1.29, 1.82) is 0 Å². The zero-order valence-corrected chi connectivity index (χ0v) is 12.4. The van der Waals surface area contributed by atoms with Gasteiger partial charge in [-0.2, -0.15) is 0 Å². The van der Waals surface area contributed by atoms with Crippen molar-refractivity contribution in [2.24, 2.45) is 5.92 Å². The van der Waals surface area contributed by atoms with Gasteiger partial charge in [0.2, 0.25) is 0 Å². The maximum Gasteiger partial charge on any atom is 0.0794 e. The van der Waals surface area contributed by atoms with Crippen molar-refractivity contribution in [3.63, 3.8) is 0 Å². The van der Waals surface area contributed by atoms with Gasteiger partial charge in [-0.3, -0.25) is 0 Å². The summed E-state index contributed by atoms with van der Waals surface area (Å²) in [5.41, 5.74) is 4.36. The van der Waals surface area contributed by atoms with Gasteiger partial charge in [-0.15, -0.1) is 11.3 Å². The second-order valence-electron chi connectivity index (χ2n) is 4.04. The fraction of sp³-hybridized carbons (Fsp3) is 0.308. The lowest BCUT2D eigenvalue weighted by Crippen LogP contribution is -2.10. The molecule has 1 unspecified atom stereocenters. The van der Waals surface area contributed by atoms with Gasteiger partial charge < -0.3 is 0 Å². The normalized spacial score (nSPS) is 12.6. The van der Waals surface area contributed by atoms with Crippen LogP contribution < -0.4 is 0 Å². The Kier molecular flexibility index (Phi) is 5.01. The number of aromatic nitrogens is 1. The van der Waals surface area contributed by atoms with Crippen molar-refractivity contribution in [2.45, 2.75) is 12.8 Å². The summed E-state index contributed by atoms with van der Waals surface area (Å²) >= 11 is 11.2. The van der Waals surface area contributed by atoms with Crippen LogP contribution in [-0.4, -0.2) is 10.3 Å². The number of halogens is 2. The van der Waals surface area contributed by atoms with Crippen molar-refractivity contribution in [2.75, 3.05) is 5.33 Å². The molecule has 1 nitrogen and oxygen atoms in total. The molecule has 1 heterocycles. The van der Waals surface area contributed by atoms with E-state index in [1.807, 2.05) is 23.7 Å². The first-order valence-electron chi connectivity index (χ1n) is 5.45. The van der Waals surface area contributed by atoms with Crippen LogP contribution in [0.2, 0.25) is 5.02 Å². The largest absolute Gasteiger partial charge is 0.250 e. The molecule has 4 heteroatoms. The first-order valence-corrected chi connectivity index (χ1v) is 7.89. The number of nitrogens with zero attached hydrogens (tertiary/aromatic N) is 1. The molecule has 0 N–H and O–H groups in total. The average molecular weight is 331 g/mol. The SMILES string of the molecule is Clc1cccc(CC(CBr)Cc2cscn2)c1. The first kappa shape index (κ1) is 13.1. The summed E-state index contributed by atoms with van der Waals surface area (Å²) in [5, 5.41) is 3.91. The second kappa shape index (κ2) is 6.53. The predicted molar refractivity (Wildman–Crippen MR) is 78.3 cm³/mol. The molecule has 0 bridgehead atoms. The van der Waals surface area contributed by atoms with E-state index in [2.05, 4.69) is 32.4 Å². The molecular weight excluding hydrogens is 318 g/mol. The molecule has 1 atom stereocenters. The predicted octanol–water partition coefficient (Wildman–Crippen LogP) is 4.59. The van der Waals surface area contributed by atoms with E-state index in [1.165, 1.54) is 11.3 Å². The number of thiazole rings is 1. The quantitative estimate of drug-likeness (QED) is 0.731. The lowest BCUT2D eigenvalue weighted by atomic mass is 9.97. The van der Waals surface area contributed by atoms with Crippen LogP contribution in [0.5, 0.6) is 0 Å². The monoisotopic (exact) mass is 329 g/mol. The van der Waals surface area contributed by atoms with Crippen molar-refractivity contribution in [1.82, 2.24) is 4.98 Å². The van der Waals surface area contributed by atoms with E-state index in [-0.39, 0.29) is 0 Å². The minimum absolute atomic E-state index is 0.565. The lowest BCUT2D eigenvalue weighted by Gasteiger charge is -2.12. The van der Waals surface area contributed by atoms with Crippen LogP contribution in [0.4, 0.5) is 0 Å². The Morgan fingerprint density at radius 2 is 2.24 bits per heavy atom. The van der Waals surface area contributed by atoms with E-state index < -0.39 is 0 Å². The highest BCUT2D eigenvalue weighted by molar-refractivity contribution is 9.09. The van der Waals surface area contributed by atoms with Crippen LogP contribution in [0.1, 0.15) is 11.3 Å². The van der Waals surface area contributed by atoms with Gasteiger partial charge in [-0.1, -0.05) is 39.7 Å². The molecule has 0 aliphatic rings.